The first-order valence-electron chi connectivity index (χ1n) is 5.65. The van der Waals surface area contributed by atoms with Gasteiger partial charge in [-0.2, -0.15) is 0 Å². The second-order valence-corrected chi connectivity index (χ2v) is 4.44. The van der Waals surface area contributed by atoms with Crippen molar-refractivity contribution >= 4 is 11.9 Å². The predicted molar refractivity (Wildman–Crippen MR) is 63.2 cm³/mol. The van der Waals surface area contributed by atoms with E-state index in [2.05, 4.69) is 10.6 Å². The Labute approximate surface area is 102 Å². The average molecular weight is 239 g/mol. The van der Waals surface area contributed by atoms with Crippen molar-refractivity contribution in [3.8, 4) is 5.69 Å². The normalized spacial score (nSPS) is 23.8. The van der Waals surface area contributed by atoms with E-state index in [1.807, 2.05) is 47.2 Å². The maximum atomic E-state index is 12.2. The maximum absolute atomic E-state index is 12.2. The highest BCUT2D eigenvalue weighted by Crippen LogP contribution is 2.42. The second-order valence-electron chi connectivity index (χ2n) is 4.44. The van der Waals surface area contributed by atoms with Gasteiger partial charge in [0.1, 0.15) is 0 Å². The van der Waals surface area contributed by atoms with Crippen LogP contribution in [-0.2, 0) is 10.3 Å². The molecule has 1 atom stereocenters. The molecular weight excluding hydrogens is 230 g/mol. The molecule has 1 aromatic heterocycles. The summed E-state index contributed by atoms with van der Waals surface area (Å²) in [6.45, 7) is 0. The zero-order chi connectivity index (χ0) is 12.3. The second kappa shape index (κ2) is 2.81. The highest BCUT2D eigenvalue weighted by atomic mass is 16.2. The lowest BCUT2D eigenvalue weighted by molar-refractivity contribution is -0.122. The van der Waals surface area contributed by atoms with Crippen LogP contribution >= 0.6 is 0 Å². The molecule has 2 N–H and O–H groups in total. The van der Waals surface area contributed by atoms with Crippen LogP contribution in [0.25, 0.3) is 5.69 Å². The number of imide groups is 1. The van der Waals surface area contributed by atoms with Gasteiger partial charge in [0, 0.05) is 11.8 Å². The molecule has 2 aliphatic heterocycles. The van der Waals surface area contributed by atoms with Gasteiger partial charge >= 0.3 is 6.03 Å². The number of benzene rings is 1. The molecule has 0 aliphatic carbocycles. The molecule has 0 saturated carbocycles. The number of rotatable bonds is 0. The molecular formula is C13H9N3O2. The van der Waals surface area contributed by atoms with Crippen LogP contribution < -0.4 is 10.6 Å². The predicted octanol–water partition coefficient (Wildman–Crippen LogP) is 0.874. The van der Waals surface area contributed by atoms with E-state index in [0.29, 0.717) is 0 Å². The fourth-order valence-corrected chi connectivity index (χ4v) is 2.86. The fourth-order valence-electron chi connectivity index (χ4n) is 2.86. The quantitative estimate of drug-likeness (QED) is 0.670. The van der Waals surface area contributed by atoms with Crippen molar-refractivity contribution in [1.82, 2.24) is 15.2 Å². The Hall–Kier alpha value is -2.56. The molecule has 4 rings (SSSR count). The molecule has 5 heteroatoms. The zero-order valence-electron chi connectivity index (χ0n) is 9.31. The summed E-state index contributed by atoms with van der Waals surface area (Å²) in [5.74, 6) is -0.322. The van der Waals surface area contributed by atoms with Gasteiger partial charge in [-0.05, 0) is 18.2 Å². The molecule has 1 aromatic carbocycles. The standard InChI is InChI=1S/C13H9N3O2/c17-11-13(15-12(18)14-11)8-4-1-2-5-9(8)16-7-3-6-10(13)16/h1-7H,(H2,14,15,17,18). The van der Waals surface area contributed by atoms with Crippen molar-refractivity contribution in [2.45, 2.75) is 5.54 Å². The van der Waals surface area contributed by atoms with Gasteiger partial charge in [-0.3, -0.25) is 10.1 Å². The van der Waals surface area contributed by atoms with E-state index in [9.17, 15) is 9.59 Å². The van der Waals surface area contributed by atoms with E-state index in [0.717, 1.165) is 16.9 Å². The first-order valence-corrected chi connectivity index (χ1v) is 5.65. The van der Waals surface area contributed by atoms with Crippen LogP contribution in [0.3, 0.4) is 0 Å². The number of fused-ring (bicyclic) bond motifs is 5. The van der Waals surface area contributed by atoms with Crippen LogP contribution in [0.5, 0.6) is 0 Å². The van der Waals surface area contributed by atoms with E-state index in [4.69, 9.17) is 0 Å². The molecule has 0 bridgehead atoms. The Balaban J connectivity index is 2.12. The zero-order valence-corrected chi connectivity index (χ0v) is 9.31. The Morgan fingerprint density at radius 2 is 1.89 bits per heavy atom. The Kier molecular flexibility index (Phi) is 1.48. The number of amides is 3. The fraction of sp³-hybridized carbons (Fsp3) is 0.0769. The summed E-state index contributed by atoms with van der Waals surface area (Å²) in [6, 6.07) is 10.8. The van der Waals surface area contributed by atoms with Crippen LogP contribution in [0.2, 0.25) is 0 Å². The van der Waals surface area contributed by atoms with Gasteiger partial charge in [-0.15, -0.1) is 0 Å². The number of nitrogens with zero attached hydrogens (tertiary/aromatic N) is 1. The molecule has 3 heterocycles. The molecule has 0 radical (unpaired) electrons. The number of urea groups is 1. The number of nitrogens with one attached hydrogen (secondary N) is 2. The van der Waals surface area contributed by atoms with Crippen LogP contribution in [-0.4, -0.2) is 16.5 Å². The van der Waals surface area contributed by atoms with Crippen molar-refractivity contribution in [1.29, 1.82) is 0 Å². The van der Waals surface area contributed by atoms with E-state index >= 15 is 0 Å². The Bertz CT molecular complexity index is 704. The number of carbonyl (C=O) groups is 2. The molecule has 3 amide bonds. The van der Waals surface area contributed by atoms with Crippen molar-refractivity contribution in [3.63, 3.8) is 0 Å². The SMILES string of the molecule is O=C1NC(=O)C2(N1)c1ccccc1-n1cccc12. The van der Waals surface area contributed by atoms with Crippen molar-refractivity contribution < 1.29 is 9.59 Å². The smallest absolute Gasteiger partial charge is 0.317 e. The lowest BCUT2D eigenvalue weighted by atomic mass is 9.89. The van der Waals surface area contributed by atoms with Gasteiger partial charge < -0.3 is 9.88 Å². The van der Waals surface area contributed by atoms with Gasteiger partial charge in [0.05, 0.1) is 11.4 Å². The molecule has 1 spiro atoms. The van der Waals surface area contributed by atoms with Crippen LogP contribution in [0.1, 0.15) is 11.3 Å². The lowest BCUT2D eigenvalue weighted by Gasteiger charge is -2.20. The van der Waals surface area contributed by atoms with Crippen molar-refractivity contribution in [2.75, 3.05) is 0 Å². The summed E-state index contributed by atoms with van der Waals surface area (Å²) in [6.07, 6.45) is 1.89. The number of hydrogen-bond donors (Lipinski definition) is 2. The third-order valence-electron chi connectivity index (χ3n) is 3.57. The van der Waals surface area contributed by atoms with Crippen molar-refractivity contribution in [2.24, 2.45) is 0 Å². The van der Waals surface area contributed by atoms with E-state index in [1.54, 1.807) is 0 Å². The van der Waals surface area contributed by atoms with Crippen LogP contribution in [0, 0.1) is 0 Å². The molecule has 2 aromatic rings. The van der Waals surface area contributed by atoms with E-state index in [1.165, 1.54) is 0 Å². The summed E-state index contributed by atoms with van der Waals surface area (Å²) in [5, 5.41) is 5.08. The largest absolute Gasteiger partial charge is 0.322 e. The first-order chi connectivity index (χ1) is 8.73. The number of carbonyl (C=O) groups excluding carboxylic acids is 2. The molecule has 1 unspecified atom stereocenters. The molecule has 5 nitrogen and oxygen atoms in total. The minimum Gasteiger partial charge on any atom is -0.317 e. The summed E-state index contributed by atoms with van der Waals surface area (Å²) < 4.78 is 1.93. The van der Waals surface area contributed by atoms with Gasteiger partial charge in [0.2, 0.25) is 0 Å². The van der Waals surface area contributed by atoms with Gasteiger partial charge in [-0.1, -0.05) is 18.2 Å². The Morgan fingerprint density at radius 3 is 2.67 bits per heavy atom. The maximum Gasteiger partial charge on any atom is 0.322 e. The highest BCUT2D eigenvalue weighted by Gasteiger charge is 2.55. The summed E-state index contributed by atoms with van der Waals surface area (Å²) in [7, 11) is 0. The van der Waals surface area contributed by atoms with E-state index in [-0.39, 0.29) is 5.91 Å². The molecule has 18 heavy (non-hydrogen) atoms. The van der Waals surface area contributed by atoms with Crippen LogP contribution in [0.4, 0.5) is 4.79 Å². The molecule has 2 aliphatic rings. The third kappa shape index (κ3) is 0.851. The molecule has 1 saturated heterocycles. The summed E-state index contributed by atoms with van der Waals surface area (Å²) in [5.41, 5.74) is 1.43. The number of aromatic nitrogens is 1. The molecule has 1 fully saturated rings. The first kappa shape index (κ1) is 9.47. The number of para-hydroxylation sites is 1. The summed E-state index contributed by atoms with van der Waals surface area (Å²) in [4.78, 5) is 23.7. The van der Waals surface area contributed by atoms with Crippen LogP contribution in [0.15, 0.2) is 42.6 Å². The van der Waals surface area contributed by atoms with Gasteiger partial charge in [0.15, 0.2) is 5.54 Å². The molecule has 88 valence electrons. The summed E-state index contributed by atoms with van der Waals surface area (Å²) >= 11 is 0. The van der Waals surface area contributed by atoms with Gasteiger partial charge in [-0.25, -0.2) is 4.79 Å². The topological polar surface area (TPSA) is 63.1 Å². The van der Waals surface area contributed by atoms with Crippen molar-refractivity contribution in [3.05, 3.63) is 53.9 Å². The Morgan fingerprint density at radius 1 is 1.06 bits per heavy atom. The minimum absolute atomic E-state index is 0.322. The average Bonchev–Trinajstić information content (AvgIpc) is 2.99. The lowest BCUT2D eigenvalue weighted by Crippen LogP contribution is -2.43. The highest BCUT2D eigenvalue weighted by molar-refractivity contribution is 6.10. The third-order valence-corrected chi connectivity index (χ3v) is 3.57. The monoisotopic (exact) mass is 239 g/mol. The van der Waals surface area contributed by atoms with E-state index < -0.39 is 11.6 Å². The minimum atomic E-state index is -1.07. The van der Waals surface area contributed by atoms with Gasteiger partial charge in [0.25, 0.3) is 5.91 Å². The number of hydrogen-bond acceptors (Lipinski definition) is 2.